The number of benzene rings is 2. The third-order valence-electron chi connectivity index (χ3n) is 8.55. The summed E-state index contributed by atoms with van der Waals surface area (Å²) in [4.78, 5) is 34.6. The standard InChI is InChI=1S/C33H36N4O5/c1-2-33(41,32(40)34-13-8-14-36-15-17-42-18-16-36)26-19-28-30-24(20-37(28)31(39)25(26)21-38)29(22-9-4-3-5-10-22)23-11-6-7-12-27(23)35-30/h3-7,9-12,19,38,41H,2,8,13-18,20-21H2,1H3,(H,34,40)/t33-/m0/s1. The molecule has 1 fully saturated rings. The highest BCUT2D eigenvalue weighted by Gasteiger charge is 2.41. The molecule has 0 aliphatic carbocycles. The molecule has 3 N–H and O–H groups in total. The van der Waals surface area contributed by atoms with Crippen LogP contribution >= 0.6 is 0 Å². The number of rotatable bonds is 9. The molecule has 1 saturated heterocycles. The van der Waals surface area contributed by atoms with Gasteiger partial charge in [-0.2, -0.15) is 0 Å². The van der Waals surface area contributed by atoms with Gasteiger partial charge in [0.05, 0.1) is 43.3 Å². The first-order valence-electron chi connectivity index (χ1n) is 14.6. The van der Waals surface area contributed by atoms with Gasteiger partial charge in [0, 0.05) is 41.7 Å². The van der Waals surface area contributed by atoms with Crippen molar-refractivity contribution in [2.24, 2.45) is 0 Å². The first-order valence-corrected chi connectivity index (χ1v) is 14.6. The highest BCUT2D eigenvalue weighted by Crippen LogP contribution is 2.42. The number of carbonyl (C=O) groups excluding carboxylic acids is 1. The van der Waals surface area contributed by atoms with Crippen LogP contribution in [-0.4, -0.2) is 70.0 Å². The Morgan fingerprint density at radius 1 is 1.10 bits per heavy atom. The minimum Gasteiger partial charge on any atom is -0.391 e. The number of nitrogens with zero attached hydrogens (tertiary/aromatic N) is 3. The van der Waals surface area contributed by atoms with Crippen LogP contribution in [0.15, 0.2) is 65.5 Å². The zero-order valence-corrected chi connectivity index (χ0v) is 23.8. The Labute approximate surface area is 244 Å². The Bertz CT molecular complexity index is 1680. The molecule has 0 radical (unpaired) electrons. The van der Waals surface area contributed by atoms with Crippen molar-refractivity contribution in [3.05, 3.63) is 87.7 Å². The first-order chi connectivity index (χ1) is 20.5. The van der Waals surface area contributed by atoms with Gasteiger partial charge in [0.25, 0.3) is 11.5 Å². The van der Waals surface area contributed by atoms with Crippen molar-refractivity contribution >= 4 is 16.8 Å². The number of hydrogen-bond acceptors (Lipinski definition) is 7. The van der Waals surface area contributed by atoms with Crippen molar-refractivity contribution in [2.75, 3.05) is 39.4 Å². The van der Waals surface area contributed by atoms with Crippen LogP contribution < -0.4 is 10.9 Å². The fraction of sp³-hybridized carbons (Fsp3) is 0.364. The summed E-state index contributed by atoms with van der Waals surface area (Å²) in [5, 5.41) is 26.0. The lowest BCUT2D eigenvalue weighted by atomic mass is 9.86. The third kappa shape index (κ3) is 4.92. The number of pyridine rings is 2. The van der Waals surface area contributed by atoms with Gasteiger partial charge in [-0.25, -0.2) is 4.98 Å². The molecule has 2 aliphatic heterocycles. The fourth-order valence-electron chi connectivity index (χ4n) is 6.22. The van der Waals surface area contributed by atoms with E-state index in [1.165, 1.54) is 0 Å². The summed E-state index contributed by atoms with van der Waals surface area (Å²) in [5.74, 6) is -0.583. The third-order valence-corrected chi connectivity index (χ3v) is 8.55. The summed E-state index contributed by atoms with van der Waals surface area (Å²) in [6.07, 6.45) is 0.753. The SMILES string of the molecule is CC[C@@](O)(C(=O)NCCCN1CCOCC1)c1cc2n(c(=O)c1CO)Cc1c-2nc2ccccc2c1-c1ccccc1. The van der Waals surface area contributed by atoms with Gasteiger partial charge in [-0.15, -0.1) is 0 Å². The largest absolute Gasteiger partial charge is 0.391 e. The molecule has 4 aromatic rings. The van der Waals surface area contributed by atoms with Crippen molar-refractivity contribution in [3.63, 3.8) is 0 Å². The normalized spacial score (nSPS) is 16.2. The average Bonchev–Trinajstić information content (AvgIpc) is 3.40. The molecule has 0 unspecified atom stereocenters. The maximum atomic E-state index is 13.9. The summed E-state index contributed by atoms with van der Waals surface area (Å²) in [6.45, 7) is 5.72. The van der Waals surface area contributed by atoms with E-state index in [0.29, 0.717) is 31.1 Å². The van der Waals surface area contributed by atoms with E-state index >= 15 is 0 Å². The van der Waals surface area contributed by atoms with Crippen molar-refractivity contribution < 1.29 is 19.7 Å². The van der Waals surface area contributed by atoms with E-state index < -0.39 is 23.7 Å². The zero-order valence-electron chi connectivity index (χ0n) is 23.8. The molecular weight excluding hydrogens is 532 g/mol. The molecule has 2 aliphatic rings. The molecule has 0 saturated carbocycles. The number of nitrogens with one attached hydrogen (secondary N) is 1. The van der Waals surface area contributed by atoms with Crippen molar-refractivity contribution in [3.8, 4) is 22.5 Å². The number of morpholine rings is 1. The molecular formula is C33H36N4O5. The van der Waals surface area contributed by atoms with Gasteiger partial charge in [-0.1, -0.05) is 55.5 Å². The van der Waals surface area contributed by atoms with Crippen LogP contribution in [0.5, 0.6) is 0 Å². The quantitative estimate of drug-likeness (QED) is 0.234. The molecule has 2 aromatic heterocycles. The maximum Gasteiger partial charge on any atom is 0.257 e. The van der Waals surface area contributed by atoms with E-state index in [2.05, 4.69) is 10.2 Å². The lowest BCUT2D eigenvalue weighted by Crippen LogP contribution is -2.47. The Morgan fingerprint density at radius 3 is 2.57 bits per heavy atom. The predicted molar refractivity (Wildman–Crippen MR) is 161 cm³/mol. The molecule has 9 heteroatoms. The van der Waals surface area contributed by atoms with Crippen LogP contribution in [0.1, 0.15) is 36.5 Å². The minimum absolute atomic E-state index is 0.0187. The number of carbonyl (C=O) groups is 1. The van der Waals surface area contributed by atoms with E-state index in [0.717, 1.165) is 53.6 Å². The van der Waals surface area contributed by atoms with Gasteiger partial charge in [-0.3, -0.25) is 14.5 Å². The highest BCUT2D eigenvalue weighted by molar-refractivity contribution is 5.99. The number of amides is 1. The highest BCUT2D eigenvalue weighted by atomic mass is 16.5. The second kappa shape index (κ2) is 11.8. The number of aliphatic hydroxyl groups excluding tert-OH is 1. The summed E-state index contributed by atoms with van der Waals surface area (Å²) < 4.78 is 6.98. The predicted octanol–water partition coefficient (Wildman–Crippen LogP) is 3.02. The molecule has 0 spiro atoms. The van der Waals surface area contributed by atoms with Crippen LogP contribution in [0, 0.1) is 0 Å². The Morgan fingerprint density at radius 2 is 1.83 bits per heavy atom. The molecule has 1 atom stereocenters. The summed E-state index contributed by atoms with van der Waals surface area (Å²) in [5.41, 5.74) is 2.57. The van der Waals surface area contributed by atoms with E-state index in [4.69, 9.17) is 9.72 Å². The van der Waals surface area contributed by atoms with Crippen molar-refractivity contribution in [2.45, 2.75) is 38.5 Å². The van der Waals surface area contributed by atoms with Crippen LogP contribution in [0.2, 0.25) is 0 Å². The molecule has 1 amide bonds. The fourth-order valence-corrected chi connectivity index (χ4v) is 6.22. The lowest BCUT2D eigenvalue weighted by molar-refractivity contribution is -0.141. The van der Waals surface area contributed by atoms with E-state index in [9.17, 15) is 19.8 Å². The van der Waals surface area contributed by atoms with Crippen LogP contribution in [0.3, 0.4) is 0 Å². The van der Waals surface area contributed by atoms with Gasteiger partial charge in [0.1, 0.15) is 0 Å². The van der Waals surface area contributed by atoms with Gasteiger partial charge in [0.15, 0.2) is 5.60 Å². The van der Waals surface area contributed by atoms with Gasteiger partial charge in [0.2, 0.25) is 0 Å². The molecule has 42 heavy (non-hydrogen) atoms. The number of ether oxygens (including phenoxy) is 1. The lowest BCUT2D eigenvalue weighted by Gasteiger charge is -2.29. The monoisotopic (exact) mass is 568 g/mol. The maximum absolute atomic E-state index is 13.9. The Balaban J connectivity index is 1.39. The number of hydrogen-bond donors (Lipinski definition) is 3. The van der Waals surface area contributed by atoms with Crippen LogP contribution in [0.25, 0.3) is 33.4 Å². The van der Waals surface area contributed by atoms with Crippen molar-refractivity contribution in [1.82, 2.24) is 19.8 Å². The Kier molecular flexibility index (Phi) is 7.92. The molecule has 0 bridgehead atoms. The summed E-state index contributed by atoms with van der Waals surface area (Å²) >= 11 is 0. The van der Waals surface area contributed by atoms with E-state index in [1.54, 1.807) is 17.6 Å². The second-order valence-electron chi connectivity index (χ2n) is 10.9. The topological polar surface area (TPSA) is 117 Å². The van der Waals surface area contributed by atoms with E-state index in [1.807, 2.05) is 54.6 Å². The summed E-state index contributed by atoms with van der Waals surface area (Å²) in [6, 6.07) is 19.5. The molecule has 4 heterocycles. The van der Waals surface area contributed by atoms with Gasteiger partial charge < -0.3 is 24.8 Å². The average molecular weight is 569 g/mol. The van der Waals surface area contributed by atoms with Gasteiger partial charge >= 0.3 is 0 Å². The number of para-hydroxylation sites is 1. The van der Waals surface area contributed by atoms with E-state index in [-0.39, 0.29) is 24.1 Å². The first kappa shape index (κ1) is 28.2. The number of aromatic nitrogens is 2. The number of fused-ring (bicyclic) bond motifs is 4. The van der Waals surface area contributed by atoms with Crippen LogP contribution in [0.4, 0.5) is 0 Å². The zero-order chi connectivity index (χ0) is 29.3. The van der Waals surface area contributed by atoms with Crippen LogP contribution in [-0.2, 0) is 28.3 Å². The van der Waals surface area contributed by atoms with Crippen molar-refractivity contribution in [1.29, 1.82) is 0 Å². The molecule has 6 rings (SSSR count). The smallest absolute Gasteiger partial charge is 0.257 e. The Hall–Kier alpha value is -3.89. The van der Waals surface area contributed by atoms with Gasteiger partial charge in [-0.05, 0) is 42.6 Å². The summed E-state index contributed by atoms with van der Waals surface area (Å²) in [7, 11) is 0. The number of aliphatic hydroxyl groups is 2. The minimum atomic E-state index is -1.99. The molecule has 2 aromatic carbocycles. The molecule has 9 nitrogen and oxygen atoms in total. The molecule has 218 valence electrons. The second-order valence-corrected chi connectivity index (χ2v) is 10.9.